The van der Waals surface area contributed by atoms with Crippen LogP contribution in [-0.2, 0) is 4.79 Å². The van der Waals surface area contributed by atoms with E-state index in [-0.39, 0.29) is 11.6 Å². The highest BCUT2D eigenvalue weighted by atomic mass is 16.1. The summed E-state index contributed by atoms with van der Waals surface area (Å²) < 4.78 is 0. The lowest BCUT2D eigenvalue weighted by Crippen LogP contribution is -2.10. The van der Waals surface area contributed by atoms with Gasteiger partial charge in [0.05, 0.1) is 0 Å². The maximum atomic E-state index is 10.3. The molecule has 1 heterocycles. The average Bonchev–Trinajstić information content (AvgIpc) is 2.62. The van der Waals surface area contributed by atoms with Crippen LogP contribution in [0, 0.1) is 0 Å². The number of nitrogens with zero attached hydrogens (tertiary/aromatic N) is 2. The summed E-state index contributed by atoms with van der Waals surface area (Å²) >= 11 is 0. The van der Waals surface area contributed by atoms with E-state index in [1.165, 1.54) is 0 Å². The number of carbonyl (C=O) groups is 1. The number of unbranched alkanes of at least 4 members (excludes halogenated alkanes) is 1. The van der Waals surface area contributed by atoms with Crippen molar-refractivity contribution in [1.29, 1.82) is 0 Å². The number of carbonyl (C=O) groups excluding carboxylic acids is 1. The van der Waals surface area contributed by atoms with E-state index < -0.39 is 0 Å². The Kier molecular flexibility index (Phi) is 2.22. The fourth-order valence-corrected chi connectivity index (χ4v) is 0.944. The third kappa shape index (κ3) is 3.11. The molecule has 1 rings (SSSR count). The van der Waals surface area contributed by atoms with Gasteiger partial charge in [-0.05, 0) is 26.2 Å². The van der Waals surface area contributed by atoms with Crippen molar-refractivity contribution >= 4 is 5.91 Å². The highest BCUT2D eigenvalue weighted by Crippen LogP contribution is 2.32. The first-order valence-electron chi connectivity index (χ1n) is 3.85. The van der Waals surface area contributed by atoms with Gasteiger partial charge in [-0.15, -0.1) is 0 Å². The minimum Gasteiger partial charge on any atom is -0.370 e. The Labute approximate surface area is 65.9 Å². The van der Waals surface area contributed by atoms with E-state index >= 15 is 0 Å². The van der Waals surface area contributed by atoms with Gasteiger partial charge >= 0.3 is 0 Å². The summed E-state index contributed by atoms with van der Waals surface area (Å²) in [7, 11) is 0. The summed E-state index contributed by atoms with van der Waals surface area (Å²) in [5, 5.41) is 7.72. The summed E-state index contributed by atoms with van der Waals surface area (Å²) in [5.74, 6) is -0.222. The van der Waals surface area contributed by atoms with Gasteiger partial charge in [-0.25, -0.2) is 0 Å². The third-order valence-electron chi connectivity index (χ3n) is 1.76. The van der Waals surface area contributed by atoms with Gasteiger partial charge in [-0.2, -0.15) is 10.2 Å². The van der Waals surface area contributed by atoms with Crippen molar-refractivity contribution in [3.63, 3.8) is 0 Å². The van der Waals surface area contributed by atoms with Gasteiger partial charge < -0.3 is 5.73 Å². The third-order valence-corrected chi connectivity index (χ3v) is 1.76. The van der Waals surface area contributed by atoms with E-state index in [9.17, 15) is 4.79 Å². The van der Waals surface area contributed by atoms with E-state index in [1.54, 1.807) is 0 Å². The Morgan fingerprint density at radius 2 is 2.09 bits per heavy atom. The summed E-state index contributed by atoms with van der Waals surface area (Å²) in [6, 6.07) is 0. The number of amides is 1. The van der Waals surface area contributed by atoms with Crippen LogP contribution in [0.5, 0.6) is 0 Å². The van der Waals surface area contributed by atoms with Crippen molar-refractivity contribution in [3.05, 3.63) is 0 Å². The molecule has 4 heteroatoms. The summed E-state index contributed by atoms with van der Waals surface area (Å²) in [6.07, 6.45) is 3.26. The first-order valence-corrected chi connectivity index (χ1v) is 3.85. The van der Waals surface area contributed by atoms with Gasteiger partial charge in [0.15, 0.2) is 5.66 Å². The molecule has 2 N–H and O–H groups in total. The van der Waals surface area contributed by atoms with Crippen molar-refractivity contribution in [1.82, 2.24) is 0 Å². The van der Waals surface area contributed by atoms with Gasteiger partial charge in [0.25, 0.3) is 0 Å². The lowest BCUT2D eigenvalue weighted by molar-refractivity contribution is -0.118. The van der Waals surface area contributed by atoms with Crippen molar-refractivity contribution in [2.45, 2.75) is 38.3 Å². The van der Waals surface area contributed by atoms with Gasteiger partial charge in [-0.3, -0.25) is 4.79 Å². The van der Waals surface area contributed by atoms with E-state index in [0.29, 0.717) is 6.42 Å². The second-order valence-electron chi connectivity index (χ2n) is 3.09. The van der Waals surface area contributed by atoms with Gasteiger partial charge in [0.1, 0.15) is 0 Å². The normalized spacial score (nSPS) is 18.3. The van der Waals surface area contributed by atoms with Crippen LogP contribution in [0.15, 0.2) is 10.2 Å². The van der Waals surface area contributed by atoms with Gasteiger partial charge in [0, 0.05) is 6.42 Å². The Balaban J connectivity index is 1.93. The summed E-state index contributed by atoms with van der Waals surface area (Å²) in [5.41, 5.74) is 4.86. The van der Waals surface area contributed by atoms with Crippen LogP contribution in [0.1, 0.15) is 32.6 Å². The van der Waals surface area contributed by atoms with Crippen molar-refractivity contribution in [2.75, 3.05) is 0 Å². The fraction of sp³-hybridized carbons (Fsp3) is 0.857. The minimum absolute atomic E-state index is 0.113. The minimum atomic E-state index is -0.222. The quantitative estimate of drug-likeness (QED) is 0.596. The van der Waals surface area contributed by atoms with Crippen LogP contribution in [0.2, 0.25) is 0 Å². The number of rotatable bonds is 5. The zero-order valence-electron chi connectivity index (χ0n) is 6.71. The smallest absolute Gasteiger partial charge is 0.217 e. The predicted octanol–water partition coefficient (Wildman–Crippen LogP) is 1.21. The summed E-state index contributed by atoms with van der Waals surface area (Å²) in [4.78, 5) is 10.3. The van der Waals surface area contributed by atoms with Crippen molar-refractivity contribution < 1.29 is 4.79 Å². The second kappa shape index (κ2) is 2.98. The molecule has 0 aromatic heterocycles. The Morgan fingerprint density at radius 3 is 2.55 bits per heavy atom. The molecule has 0 aromatic carbocycles. The molecule has 0 radical (unpaired) electrons. The Morgan fingerprint density at radius 1 is 1.45 bits per heavy atom. The van der Waals surface area contributed by atoms with Gasteiger partial charge in [0.2, 0.25) is 5.91 Å². The maximum absolute atomic E-state index is 10.3. The highest BCUT2D eigenvalue weighted by Gasteiger charge is 2.32. The molecule has 62 valence electrons. The van der Waals surface area contributed by atoms with Gasteiger partial charge in [-0.1, -0.05) is 0 Å². The molecule has 1 amide bonds. The number of nitrogens with two attached hydrogens (primary N) is 1. The van der Waals surface area contributed by atoms with Crippen molar-refractivity contribution in [2.24, 2.45) is 16.0 Å². The largest absolute Gasteiger partial charge is 0.370 e. The van der Waals surface area contributed by atoms with Crippen LogP contribution < -0.4 is 5.73 Å². The first-order chi connectivity index (χ1) is 5.12. The number of hydrogen-bond donors (Lipinski definition) is 1. The zero-order chi connectivity index (χ0) is 8.32. The Bertz CT molecular complexity index is 182. The monoisotopic (exact) mass is 155 g/mol. The molecule has 0 fully saturated rings. The molecule has 1 aliphatic rings. The second-order valence-corrected chi connectivity index (χ2v) is 3.09. The highest BCUT2D eigenvalue weighted by molar-refractivity contribution is 5.73. The standard InChI is InChI=1S/C7H13N3O/c1-7(9-10-7)5-3-2-4-6(8)11/h2-5H2,1H3,(H2,8,11). The topological polar surface area (TPSA) is 67.8 Å². The molecule has 0 aliphatic carbocycles. The molecule has 0 bridgehead atoms. The van der Waals surface area contributed by atoms with Crippen LogP contribution in [-0.4, -0.2) is 11.6 Å². The predicted molar refractivity (Wildman–Crippen MR) is 40.9 cm³/mol. The zero-order valence-corrected chi connectivity index (χ0v) is 6.71. The molecule has 0 spiro atoms. The molecular weight excluding hydrogens is 142 g/mol. The van der Waals surface area contributed by atoms with Crippen LogP contribution in [0.3, 0.4) is 0 Å². The van der Waals surface area contributed by atoms with E-state index in [1.807, 2.05) is 6.92 Å². The van der Waals surface area contributed by atoms with Crippen molar-refractivity contribution in [3.8, 4) is 0 Å². The first kappa shape index (κ1) is 8.17. The molecule has 0 saturated heterocycles. The molecule has 0 atom stereocenters. The van der Waals surface area contributed by atoms with E-state index in [0.717, 1.165) is 19.3 Å². The van der Waals surface area contributed by atoms with Crippen LogP contribution in [0.4, 0.5) is 0 Å². The lowest BCUT2D eigenvalue weighted by Gasteiger charge is -2.01. The lowest BCUT2D eigenvalue weighted by atomic mass is 10.1. The SMILES string of the molecule is CC1(CCCCC(N)=O)N=N1. The summed E-state index contributed by atoms with van der Waals surface area (Å²) in [6.45, 7) is 1.98. The molecule has 0 unspecified atom stereocenters. The van der Waals surface area contributed by atoms with Crippen LogP contribution >= 0.6 is 0 Å². The maximum Gasteiger partial charge on any atom is 0.217 e. The number of hydrogen-bond acceptors (Lipinski definition) is 3. The molecule has 4 nitrogen and oxygen atoms in total. The van der Waals surface area contributed by atoms with Crippen LogP contribution in [0.25, 0.3) is 0 Å². The molecule has 1 aliphatic heterocycles. The molecule has 0 saturated carbocycles. The molecule has 11 heavy (non-hydrogen) atoms. The Hall–Kier alpha value is -0.930. The van der Waals surface area contributed by atoms with E-state index in [2.05, 4.69) is 10.2 Å². The average molecular weight is 155 g/mol. The van der Waals surface area contributed by atoms with E-state index in [4.69, 9.17) is 5.73 Å². The molecular formula is C7H13N3O. The number of primary amides is 1. The fourth-order valence-electron chi connectivity index (χ4n) is 0.944. The molecule has 0 aromatic rings.